The van der Waals surface area contributed by atoms with Crippen LogP contribution in [-0.2, 0) is 0 Å². The summed E-state index contributed by atoms with van der Waals surface area (Å²) in [6, 6.07) is 5.87. The third-order valence-corrected chi connectivity index (χ3v) is 2.25. The molecule has 0 unspecified atom stereocenters. The predicted molar refractivity (Wildman–Crippen MR) is 69.2 cm³/mol. The second-order valence-electron chi connectivity index (χ2n) is 3.43. The molecule has 0 aromatic heterocycles. The summed E-state index contributed by atoms with van der Waals surface area (Å²) in [6.07, 6.45) is 7.26. The number of rotatable bonds is 4. The lowest BCUT2D eigenvalue weighted by Gasteiger charge is -2.07. The van der Waals surface area contributed by atoms with Gasteiger partial charge in [-0.3, -0.25) is 0 Å². The Balaban J connectivity index is 2.96. The van der Waals surface area contributed by atoms with Gasteiger partial charge in [0.15, 0.2) is 0 Å². The monoisotopic (exact) mass is 215 g/mol. The third kappa shape index (κ3) is 3.02. The highest BCUT2D eigenvalue weighted by molar-refractivity contribution is 5.65. The zero-order valence-corrected chi connectivity index (χ0v) is 9.73. The third-order valence-electron chi connectivity index (χ3n) is 2.25. The number of methoxy groups -OCH3 is 1. The van der Waals surface area contributed by atoms with Crippen LogP contribution < -0.4 is 10.5 Å². The van der Waals surface area contributed by atoms with Gasteiger partial charge in [-0.1, -0.05) is 24.8 Å². The first-order valence-electron chi connectivity index (χ1n) is 5.09. The van der Waals surface area contributed by atoms with E-state index in [0.29, 0.717) is 0 Å². The van der Waals surface area contributed by atoms with E-state index in [1.165, 1.54) is 0 Å². The van der Waals surface area contributed by atoms with Crippen LogP contribution in [0.3, 0.4) is 0 Å². The molecule has 0 saturated heterocycles. The molecule has 0 fully saturated rings. The number of hydrogen-bond donors (Lipinski definition) is 1. The molecule has 1 aromatic carbocycles. The molecule has 16 heavy (non-hydrogen) atoms. The van der Waals surface area contributed by atoms with Gasteiger partial charge >= 0.3 is 0 Å². The fourth-order valence-electron chi connectivity index (χ4n) is 1.39. The first kappa shape index (κ1) is 12.1. The fraction of sp³-hybridized carbons (Fsp3) is 0.143. The van der Waals surface area contributed by atoms with Crippen LogP contribution in [0.5, 0.6) is 5.75 Å². The van der Waals surface area contributed by atoms with Crippen molar-refractivity contribution in [1.82, 2.24) is 0 Å². The molecule has 0 spiro atoms. The molecule has 0 atom stereocenters. The molecule has 0 saturated carbocycles. The maximum atomic E-state index is 5.93. The van der Waals surface area contributed by atoms with Crippen molar-refractivity contribution >= 4 is 5.70 Å². The highest BCUT2D eigenvalue weighted by Gasteiger charge is 2.00. The van der Waals surface area contributed by atoms with Crippen LogP contribution in [0.2, 0.25) is 0 Å². The van der Waals surface area contributed by atoms with Crippen LogP contribution in [0.1, 0.15) is 11.1 Å². The van der Waals surface area contributed by atoms with Gasteiger partial charge in [0.2, 0.25) is 0 Å². The Morgan fingerprint density at radius 2 is 2.12 bits per heavy atom. The van der Waals surface area contributed by atoms with Crippen molar-refractivity contribution < 1.29 is 4.74 Å². The summed E-state index contributed by atoms with van der Waals surface area (Å²) in [4.78, 5) is 0. The van der Waals surface area contributed by atoms with Crippen molar-refractivity contribution in [2.24, 2.45) is 5.73 Å². The van der Waals surface area contributed by atoms with E-state index in [9.17, 15) is 0 Å². The first-order chi connectivity index (χ1) is 7.69. The van der Waals surface area contributed by atoms with E-state index in [0.717, 1.165) is 22.6 Å². The van der Waals surface area contributed by atoms with Crippen LogP contribution in [0, 0.1) is 6.92 Å². The normalized spacial score (nSPS) is 11.8. The molecule has 0 amide bonds. The minimum atomic E-state index is 0.726. The molecule has 1 rings (SSSR count). The lowest BCUT2D eigenvalue weighted by atomic mass is 10.1. The summed E-state index contributed by atoms with van der Waals surface area (Å²) in [7, 11) is 1.66. The molecular formula is C14H17NO. The predicted octanol–water partition coefficient (Wildman–Crippen LogP) is 3.05. The van der Waals surface area contributed by atoms with Crippen molar-refractivity contribution in [3.63, 3.8) is 0 Å². The molecule has 0 aliphatic carbocycles. The quantitative estimate of drug-likeness (QED) is 0.783. The molecule has 2 N–H and O–H groups in total. The number of benzene rings is 1. The SMILES string of the molecule is C=C/C=C\C=C(/N)c1ccc(OC)c(C)c1. The standard InChI is InChI=1S/C14H17NO/c1-4-5-6-7-13(15)12-8-9-14(16-3)11(2)10-12/h4-10H,1,15H2,2-3H3/b6-5-,13-7-. The van der Waals surface area contributed by atoms with Crippen molar-refractivity contribution in [3.8, 4) is 5.75 Å². The Morgan fingerprint density at radius 3 is 2.69 bits per heavy atom. The number of ether oxygens (including phenoxy) is 1. The lowest BCUT2D eigenvalue weighted by Crippen LogP contribution is -1.97. The summed E-state index contributed by atoms with van der Waals surface area (Å²) in [6.45, 7) is 5.59. The topological polar surface area (TPSA) is 35.2 Å². The van der Waals surface area contributed by atoms with Gasteiger partial charge in [0, 0.05) is 5.70 Å². The zero-order valence-electron chi connectivity index (χ0n) is 9.73. The van der Waals surface area contributed by atoms with E-state index in [4.69, 9.17) is 10.5 Å². The highest BCUT2D eigenvalue weighted by atomic mass is 16.5. The molecule has 0 bridgehead atoms. The minimum absolute atomic E-state index is 0.726. The Morgan fingerprint density at radius 1 is 1.38 bits per heavy atom. The molecule has 2 heteroatoms. The molecule has 1 aromatic rings. The van der Waals surface area contributed by atoms with Crippen LogP contribution in [0.4, 0.5) is 0 Å². The molecule has 0 aliphatic rings. The van der Waals surface area contributed by atoms with Crippen LogP contribution in [-0.4, -0.2) is 7.11 Å². The molecule has 0 radical (unpaired) electrons. The van der Waals surface area contributed by atoms with Gasteiger partial charge in [-0.15, -0.1) is 0 Å². The number of hydrogen-bond acceptors (Lipinski definition) is 2. The Bertz CT molecular complexity index is 430. The van der Waals surface area contributed by atoms with Crippen LogP contribution in [0.15, 0.2) is 49.1 Å². The van der Waals surface area contributed by atoms with E-state index in [1.54, 1.807) is 13.2 Å². The first-order valence-corrected chi connectivity index (χ1v) is 5.09. The van der Waals surface area contributed by atoms with Crippen LogP contribution in [0.25, 0.3) is 5.70 Å². The largest absolute Gasteiger partial charge is 0.496 e. The minimum Gasteiger partial charge on any atom is -0.496 e. The molecule has 84 valence electrons. The maximum Gasteiger partial charge on any atom is 0.121 e. The summed E-state index contributed by atoms with van der Waals surface area (Å²) in [5.74, 6) is 0.873. The van der Waals surface area contributed by atoms with E-state index < -0.39 is 0 Å². The van der Waals surface area contributed by atoms with E-state index in [1.807, 2.05) is 43.4 Å². The van der Waals surface area contributed by atoms with Gasteiger partial charge in [0.1, 0.15) is 5.75 Å². The second-order valence-corrected chi connectivity index (χ2v) is 3.43. The summed E-state index contributed by atoms with van der Waals surface area (Å²) < 4.78 is 5.19. The average Bonchev–Trinajstić information content (AvgIpc) is 2.29. The van der Waals surface area contributed by atoms with Crippen molar-refractivity contribution in [2.75, 3.05) is 7.11 Å². The Hall–Kier alpha value is -1.96. The summed E-state index contributed by atoms with van der Waals surface area (Å²) in [5.41, 5.74) is 8.72. The zero-order chi connectivity index (χ0) is 12.0. The highest BCUT2D eigenvalue weighted by Crippen LogP contribution is 2.21. The molecule has 0 aliphatic heterocycles. The maximum absolute atomic E-state index is 5.93. The number of aryl methyl sites for hydroxylation is 1. The lowest BCUT2D eigenvalue weighted by molar-refractivity contribution is 0.411. The molecular weight excluding hydrogens is 198 g/mol. The molecule has 0 heterocycles. The fourth-order valence-corrected chi connectivity index (χ4v) is 1.39. The van der Waals surface area contributed by atoms with E-state index in [2.05, 4.69) is 6.58 Å². The van der Waals surface area contributed by atoms with Crippen molar-refractivity contribution in [2.45, 2.75) is 6.92 Å². The van der Waals surface area contributed by atoms with Crippen molar-refractivity contribution in [3.05, 3.63) is 60.2 Å². The summed E-state index contributed by atoms with van der Waals surface area (Å²) in [5, 5.41) is 0. The Kier molecular flexibility index (Phi) is 4.40. The van der Waals surface area contributed by atoms with Gasteiger partial charge in [-0.25, -0.2) is 0 Å². The van der Waals surface area contributed by atoms with E-state index >= 15 is 0 Å². The van der Waals surface area contributed by atoms with Gasteiger partial charge < -0.3 is 10.5 Å². The summed E-state index contributed by atoms with van der Waals surface area (Å²) >= 11 is 0. The van der Waals surface area contributed by atoms with Gasteiger partial charge in [-0.05, 0) is 42.3 Å². The van der Waals surface area contributed by atoms with Gasteiger partial charge in [-0.2, -0.15) is 0 Å². The average molecular weight is 215 g/mol. The van der Waals surface area contributed by atoms with Gasteiger partial charge in [0.25, 0.3) is 0 Å². The Labute approximate surface area is 96.7 Å². The van der Waals surface area contributed by atoms with Crippen LogP contribution >= 0.6 is 0 Å². The van der Waals surface area contributed by atoms with Gasteiger partial charge in [0.05, 0.1) is 7.11 Å². The molecule has 2 nitrogen and oxygen atoms in total. The van der Waals surface area contributed by atoms with Crippen molar-refractivity contribution in [1.29, 1.82) is 0 Å². The number of allylic oxidation sites excluding steroid dienone is 4. The number of nitrogens with two attached hydrogens (primary N) is 1. The van der Waals surface area contributed by atoms with E-state index in [-0.39, 0.29) is 0 Å². The second kappa shape index (κ2) is 5.81. The smallest absolute Gasteiger partial charge is 0.121 e.